The molecule has 1 aliphatic rings. The molecule has 0 aromatic heterocycles. The second-order valence-electron chi connectivity index (χ2n) is 4.98. The molecule has 96 valence electrons. The quantitative estimate of drug-likeness (QED) is 0.686. The van der Waals surface area contributed by atoms with Gasteiger partial charge in [-0.3, -0.25) is 0 Å². The molecule has 3 heteroatoms. The van der Waals surface area contributed by atoms with Gasteiger partial charge in [-0.2, -0.15) is 0 Å². The third-order valence-electron chi connectivity index (χ3n) is 3.45. The van der Waals surface area contributed by atoms with Crippen molar-refractivity contribution in [1.29, 1.82) is 0 Å². The SMILES string of the molecule is CCCCN(C)C(C)CNCC1CCCO1. The summed E-state index contributed by atoms with van der Waals surface area (Å²) in [6.07, 6.45) is 5.51. The number of hydrogen-bond donors (Lipinski definition) is 1. The van der Waals surface area contributed by atoms with Gasteiger partial charge in [-0.05, 0) is 39.8 Å². The molecule has 0 bridgehead atoms. The van der Waals surface area contributed by atoms with Gasteiger partial charge in [0.05, 0.1) is 6.10 Å². The van der Waals surface area contributed by atoms with E-state index in [1.807, 2.05) is 0 Å². The van der Waals surface area contributed by atoms with Crippen LogP contribution in [0.4, 0.5) is 0 Å². The maximum Gasteiger partial charge on any atom is 0.0700 e. The summed E-state index contributed by atoms with van der Waals surface area (Å²) in [6, 6.07) is 0.618. The van der Waals surface area contributed by atoms with E-state index in [4.69, 9.17) is 4.74 Å². The molecule has 0 spiro atoms. The molecule has 0 amide bonds. The van der Waals surface area contributed by atoms with Crippen molar-refractivity contribution in [2.24, 2.45) is 0 Å². The van der Waals surface area contributed by atoms with Crippen molar-refractivity contribution < 1.29 is 4.74 Å². The Morgan fingerprint density at radius 3 is 2.94 bits per heavy atom. The van der Waals surface area contributed by atoms with Crippen molar-refractivity contribution in [1.82, 2.24) is 10.2 Å². The van der Waals surface area contributed by atoms with E-state index < -0.39 is 0 Å². The largest absolute Gasteiger partial charge is 0.377 e. The first-order valence-electron chi connectivity index (χ1n) is 6.76. The summed E-state index contributed by atoms with van der Waals surface area (Å²) in [7, 11) is 2.22. The average molecular weight is 228 g/mol. The van der Waals surface area contributed by atoms with Crippen LogP contribution in [0.25, 0.3) is 0 Å². The lowest BCUT2D eigenvalue weighted by Gasteiger charge is -2.25. The van der Waals surface area contributed by atoms with Crippen molar-refractivity contribution in [2.45, 2.75) is 51.7 Å². The maximum atomic E-state index is 5.58. The molecular weight excluding hydrogens is 200 g/mol. The monoisotopic (exact) mass is 228 g/mol. The average Bonchev–Trinajstić information content (AvgIpc) is 2.78. The van der Waals surface area contributed by atoms with Gasteiger partial charge in [0.2, 0.25) is 0 Å². The van der Waals surface area contributed by atoms with E-state index in [1.165, 1.54) is 32.2 Å². The summed E-state index contributed by atoms with van der Waals surface area (Å²) in [4.78, 5) is 2.44. The van der Waals surface area contributed by atoms with Gasteiger partial charge < -0.3 is 15.0 Å². The van der Waals surface area contributed by atoms with Gasteiger partial charge in [0.15, 0.2) is 0 Å². The zero-order chi connectivity index (χ0) is 11.8. The Balaban J connectivity index is 2.01. The van der Waals surface area contributed by atoms with E-state index in [0.717, 1.165) is 19.7 Å². The molecule has 0 aliphatic carbocycles. The molecule has 1 N–H and O–H groups in total. The molecule has 3 nitrogen and oxygen atoms in total. The number of likely N-dealkylation sites (N-methyl/N-ethyl adjacent to an activating group) is 1. The highest BCUT2D eigenvalue weighted by molar-refractivity contribution is 4.71. The summed E-state index contributed by atoms with van der Waals surface area (Å²) >= 11 is 0. The smallest absolute Gasteiger partial charge is 0.0700 e. The fourth-order valence-corrected chi connectivity index (χ4v) is 2.04. The van der Waals surface area contributed by atoms with Crippen LogP contribution >= 0.6 is 0 Å². The molecule has 1 aliphatic heterocycles. The van der Waals surface area contributed by atoms with Gasteiger partial charge in [-0.1, -0.05) is 13.3 Å². The van der Waals surface area contributed by atoms with Crippen LogP contribution in [-0.2, 0) is 4.74 Å². The van der Waals surface area contributed by atoms with Crippen LogP contribution in [0.5, 0.6) is 0 Å². The third kappa shape index (κ3) is 5.28. The van der Waals surface area contributed by atoms with E-state index in [-0.39, 0.29) is 0 Å². The Labute approximate surface area is 101 Å². The van der Waals surface area contributed by atoms with Gasteiger partial charge in [-0.25, -0.2) is 0 Å². The molecule has 2 unspecified atom stereocenters. The van der Waals surface area contributed by atoms with Crippen LogP contribution in [-0.4, -0.2) is 50.3 Å². The Kier molecular flexibility index (Phi) is 7.01. The molecule has 16 heavy (non-hydrogen) atoms. The Morgan fingerprint density at radius 2 is 2.31 bits per heavy atom. The molecule has 1 heterocycles. The maximum absolute atomic E-state index is 5.58. The summed E-state index contributed by atoms with van der Waals surface area (Å²) in [5.41, 5.74) is 0. The topological polar surface area (TPSA) is 24.5 Å². The lowest BCUT2D eigenvalue weighted by atomic mass is 10.2. The Morgan fingerprint density at radius 1 is 1.50 bits per heavy atom. The highest BCUT2D eigenvalue weighted by atomic mass is 16.5. The summed E-state index contributed by atoms with van der Waals surface area (Å²) in [6.45, 7) is 8.79. The minimum Gasteiger partial charge on any atom is -0.377 e. The van der Waals surface area contributed by atoms with Crippen molar-refractivity contribution in [3.63, 3.8) is 0 Å². The predicted molar refractivity (Wildman–Crippen MR) is 68.8 cm³/mol. The molecule has 0 aromatic rings. The molecule has 1 fully saturated rings. The fourth-order valence-electron chi connectivity index (χ4n) is 2.04. The summed E-state index contributed by atoms with van der Waals surface area (Å²) < 4.78 is 5.58. The molecule has 2 atom stereocenters. The van der Waals surface area contributed by atoms with Crippen LogP contribution in [0.2, 0.25) is 0 Å². The standard InChI is InChI=1S/C13H28N2O/c1-4-5-8-15(3)12(2)10-14-11-13-7-6-9-16-13/h12-14H,4-11H2,1-3H3. The van der Waals surface area contributed by atoms with Crippen LogP contribution < -0.4 is 5.32 Å². The zero-order valence-electron chi connectivity index (χ0n) is 11.2. The van der Waals surface area contributed by atoms with Crippen molar-refractivity contribution >= 4 is 0 Å². The lowest BCUT2D eigenvalue weighted by Crippen LogP contribution is -2.40. The van der Waals surface area contributed by atoms with Crippen molar-refractivity contribution in [3.8, 4) is 0 Å². The van der Waals surface area contributed by atoms with E-state index in [1.54, 1.807) is 0 Å². The number of nitrogens with zero attached hydrogens (tertiary/aromatic N) is 1. The molecule has 1 rings (SSSR count). The highest BCUT2D eigenvalue weighted by Gasteiger charge is 2.15. The molecule has 0 saturated carbocycles. The zero-order valence-corrected chi connectivity index (χ0v) is 11.2. The fraction of sp³-hybridized carbons (Fsp3) is 1.00. The van der Waals surface area contributed by atoms with E-state index in [9.17, 15) is 0 Å². The number of hydrogen-bond acceptors (Lipinski definition) is 3. The number of nitrogens with one attached hydrogen (secondary N) is 1. The molecule has 0 aromatic carbocycles. The van der Waals surface area contributed by atoms with E-state index >= 15 is 0 Å². The number of unbranched alkanes of at least 4 members (excludes halogenated alkanes) is 1. The normalized spacial score (nSPS) is 22.9. The predicted octanol–water partition coefficient (Wildman–Crippen LogP) is 1.88. The van der Waals surface area contributed by atoms with Gasteiger partial charge in [0.25, 0.3) is 0 Å². The Hall–Kier alpha value is -0.120. The van der Waals surface area contributed by atoms with Crippen molar-refractivity contribution in [3.05, 3.63) is 0 Å². The first kappa shape index (κ1) is 13.9. The minimum absolute atomic E-state index is 0.466. The van der Waals surface area contributed by atoms with Crippen LogP contribution in [0.1, 0.15) is 39.5 Å². The van der Waals surface area contributed by atoms with Gasteiger partial charge in [0, 0.05) is 25.7 Å². The number of ether oxygens (including phenoxy) is 1. The van der Waals surface area contributed by atoms with Gasteiger partial charge >= 0.3 is 0 Å². The highest BCUT2D eigenvalue weighted by Crippen LogP contribution is 2.10. The molecule has 1 saturated heterocycles. The summed E-state index contributed by atoms with van der Waals surface area (Å²) in [5, 5.41) is 3.52. The Bertz CT molecular complexity index is 169. The van der Waals surface area contributed by atoms with Crippen LogP contribution in [0, 0.1) is 0 Å². The first-order chi connectivity index (χ1) is 7.74. The van der Waals surface area contributed by atoms with Crippen LogP contribution in [0.3, 0.4) is 0 Å². The molecular formula is C13H28N2O. The first-order valence-corrected chi connectivity index (χ1v) is 6.76. The van der Waals surface area contributed by atoms with Crippen LogP contribution in [0.15, 0.2) is 0 Å². The van der Waals surface area contributed by atoms with Crippen molar-refractivity contribution in [2.75, 3.05) is 33.3 Å². The van der Waals surface area contributed by atoms with E-state index in [0.29, 0.717) is 12.1 Å². The third-order valence-corrected chi connectivity index (χ3v) is 3.45. The van der Waals surface area contributed by atoms with Gasteiger partial charge in [0.1, 0.15) is 0 Å². The lowest BCUT2D eigenvalue weighted by molar-refractivity contribution is 0.108. The van der Waals surface area contributed by atoms with Gasteiger partial charge in [-0.15, -0.1) is 0 Å². The summed E-state index contributed by atoms with van der Waals surface area (Å²) in [5.74, 6) is 0. The molecule has 0 radical (unpaired) electrons. The van der Waals surface area contributed by atoms with E-state index in [2.05, 4.69) is 31.1 Å². The second kappa shape index (κ2) is 8.04. The number of rotatable bonds is 8. The second-order valence-corrected chi connectivity index (χ2v) is 4.98. The minimum atomic E-state index is 0.466.